The molecule has 0 aliphatic carbocycles. The normalized spacial score (nSPS) is 16.0. The van der Waals surface area contributed by atoms with Crippen molar-refractivity contribution in [2.75, 3.05) is 0 Å². The van der Waals surface area contributed by atoms with Gasteiger partial charge in [-0.2, -0.15) is 0 Å². The van der Waals surface area contributed by atoms with E-state index in [0.717, 1.165) is 0 Å². The molecule has 0 heterocycles. The topological polar surface area (TPSA) is 92.1 Å². The van der Waals surface area contributed by atoms with Crippen LogP contribution in [0, 0.1) is 3.76 Å². The van der Waals surface area contributed by atoms with Gasteiger partial charge in [-0.05, 0) is 0 Å². The molecular weight excluding hydrogens is 388 g/mol. The Morgan fingerprint density at radius 1 is 0.750 bits per heavy atom. The predicted molar refractivity (Wildman–Crippen MR) is 32.7 cm³/mol. The van der Waals surface area contributed by atoms with Crippen molar-refractivity contribution in [1.29, 1.82) is 3.76 Å². The second kappa shape index (κ2) is 4.04. The number of hydrogen-bond acceptors (Lipinski definition) is 5. The van der Waals surface area contributed by atoms with Crippen molar-refractivity contribution in [3.05, 3.63) is 0 Å². The summed E-state index contributed by atoms with van der Waals surface area (Å²) in [6.07, 6.45) is 0. The van der Waals surface area contributed by atoms with Crippen molar-refractivity contribution in [2.24, 2.45) is 0 Å². The predicted octanol–water partition coefficient (Wildman–Crippen LogP) is 1.07. The van der Waals surface area contributed by atoms with Crippen LogP contribution in [0.2, 0.25) is 0 Å². The summed E-state index contributed by atoms with van der Waals surface area (Å²) in [5.74, 6) is 0. The molecule has 16 heavy (non-hydrogen) atoms. The molecule has 0 saturated carbocycles. The second-order valence-corrected chi connectivity index (χ2v) is 13.8. The van der Waals surface area contributed by atoms with Crippen LogP contribution in [-0.4, -0.2) is 27.9 Å². The molecule has 0 aromatic rings. The zero-order valence-corrected chi connectivity index (χ0v) is 9.63. The molecule has 0 bridgehead atoms. The number of alkyl halides is 6. The molecular formula is C2HAgF6NO4S2. The third-order valence-electron chi connectivity index (χ3n) is 0.812. The zero-order chi connectivity index (χ0) is 13.6. The minimum atomic E-state index is -6.66. The van der Waals surface area contributed by atoms with Gasteiger partial charge in [0.1, 0.15) is 0 Å². The standard InChI is InChI=1S/2CF3O2S.Ag.HN/c2*2-1(3,4)7(5)6;;/h;;;1H. The molecule has 0 saturated heterocycles. The second-order valence-electron chi connectivity index (χ2n) is 1.86. The van der Waals surface area contributed by atoms with Crippen LogP contribution in [0.3, 0.4) is 0 Å². The van der Waals surface area contributed by atoms with Gasteiger partial charge in [0.15, 0.2) is 0 Å². The van der Waals surface area contributed by atoms with Gasteiger partial charge in [0.05, 0.1) is 0 Å². The summed E-state index contributed by atoms with van der Waals surface area (Å²) in [7, 11) is -13.3. The van der Waals surface area contributed by atoms with E-state index in [0.29, 0.717) is 0 Å². The Morgan fingerprint density at radius 2 is 0.938 bits per heavy atom. The summed E-state index contributed by atoms with van der Waals surface area (Å²) >= 11 is -5.53. The molecule has 0 radical (unpaired) electrons. The molecule has 0 aromatic heterocycles. The number of rotatable bonds is 2. The van der Waals surface area contributed by atoms with Gasteiger partial charge in [0, 0.05) is 0 Å². The molecule has 0 rings (SSSR count). The van der Waals surface area contributed by atoms with E-state index in [1.807, 2.05) is 0 Å². The summed E-state index contributed by atoms with van der Waals surface area (Å²) in [6.45, 7) is 0. The monoisotopic (exact) mass is 388 g/mol. The van der Waals surface area contributed by atoms with Gasteiger partial charge in [-0.15, -0.1) is 0 Å². The van der Waals surface area contributed by atoms with Gasteiger partial charge >= 0.3 is 88.2 Å². The van der Waals surface area contributed by atoms with E-state index < -0.39 is 41.2 Å². The van der Waals surface area contributed by atoms with Gasteiger partial charge in [0.25, 0.3) is 0 Å². The molecule has 0 unspecified atom stereocenters. The Bertz CT molecular complexity index is 452. The van der Waals surface area contributed by atoms with Gasteiger partial charge in [-0.1, -0.05) is 0 Å². The molecule has 0 fully saturated rings. The van der Waals surface area contributed by atoms with Crippen molar-refractivity contribution in [2.45, 2.75) is 11.0 Å². The van der Waals surface area contributed by atoms with Crippen molar-refractivity contribution in [1.82, 2.24) is 0 Å². The molecule has 14 heteroatoms. The van der Waals surface area contributed by atoms with Crippen LogP contribution in [0.5, 0.6) is 0 Å². The van der Waals surface area contributed by atoms with Gasteiger partial charge < -0.3 is 0 Å². The molecule has 0 aromatic carbocycles. The molecule has 0 aliphatic rings. The Hall–Kier alpha value is 0.0203. The van der Waals surface area contributed by atoms with E-state index in [1.165, 1.54) is 0 Å². The average Bonchev–Trinajstić information content (AvgIpc) is 1.98. The fourth-order valence-corrected chi connectivity index (χ4v) is 8.91. The molecule has 103 valence electrons. The van der Waals surface area contributed by atoms with Crippen LogP contribution in [0.1, 0.15) is 0 Å². The summed E-state index contributed by atoms with van der Waals surface area (Å²) in [4.78, 5) is 0. The average molecular weight is 389 g/mol. The first-order chi connectivity index (χ1) is 6.65. The van der Waals surface area contributed by atoms with Crippen molar-refractivity contribution < 1.29 is 58.8 Å². The fourth-order valence-electron chi connectivity index (χ4n) is 0.214. The zero-order valence-electron chi connectivity index (χ0n) is 6.52. The molecule has 5 nitrogen and oxygen atoms in total. The summed E-state index contributed by atoms with van der Waals surface area (Å²) in [6, 6.07) is 0. The van der Waals surface area contributed by atoms with Crippen molar-refractivity contribution in [3.63, 3.8) is 0 Å². The Balaban J connectivity index is 5.81. The van der Waals surface area contributed by atoms with Crippen molar-refractivity contribution >= 4 is 14.6 Å². The Morgan fingerprint density at radius 3 is 1.06 bits per heavy atom. The van der Waals surface area contributed by atoms with E-state index in [9.17, 15) is 43.2 Å². The maximum absolute atomic E-state index is 11.7. The van der Waals surface area contributed by atoms with Crippen LogP contribution in [0.25, 0.3) is 0 Å². The number of hydrogen-bond donors (Lipinski definition) is 1. The Labute approximate surface area is 88.2 Å². The van der Waals surface area contributed by atoms with Crippen LogP contribution >= 0.6 is 0 Å². The van der Waals surface area contributed by atoms with E-state index in [4.69, 9.17) is 3.76 Å². The van der Waals surface area contributed by atoms with E-state index >= 15 is 0 Å². The number of halogens is 6. The van der Waals surface area contributed by atoms with E-state index in [-0.39, 0.29) is 0 Å². The fraction of sp³-hybridized carbons (Fsp3) is 1.00. The summed E-state index contributed by atoms with van der Waals surface area (Å²) < 4.78 is 118. The van der Waals surface area contributed by atoms with Crippen molar-refractivity contribution in [3.8, 4) is 0 Å². The molecule has 0 aliphatic heterocycles. The van der Waals surface area contributed by atoms with Crippen LogP contribution in [0.4, 0.5) is 26.3 Å². The number of nitrogens with one attached hydrogen (secondary N) is 1. The quantitative estimate of drug-likeness (QED) is 0.565. The molecule has 0 atom stereocenters. The van der Waals surface area contributed by atoms with E-state index in [2.05, 4.69) is 0 Å². The van der Waals surface area contributed by atoms with Gasteiger partial charge in [-0.3, -0.25) is 0 Å². The minimum absolute atomic E-state index is 5.53. The van der Waals surface area contributed by atoms with Gasteiger partial charge in [0.2, 0.25) is 0 Å². The van der Waals surface area contributed by atoms with Gasteiger partial charge in [-0.25, -0.2) is 0 Å². The third kappa shape index (κ3) is 2.64. The van der Waals surface area contributed by atoms with Crippen LogP contribution in [0.15, 0.2) is 0 Å². The first-order valence-corrected chi connectivity index (χ1v) is 9.62. The molecule has 1 N–H and O–H groups in total. The summed E-state index contributed by atoms with van der Waals surface area (Å²) in [5, 5.41) is 0. The third-order valence-corrected chi connectivity index (χ3v) is 13.5. The maximum atomic E-state index is 11.7. The molecule has 0 amide bonds. The van der Waals surface area contributed by atoms with E-state index in [1.54, 1.807) is 0 Å². The first-order valence-electron chi connectivity index (χ1n) is 2.61. The van der Waals surface area contributed by atoms with Crippen LogP contribution < -0.4 is 0 Å². The molecule has 0 spiro atoms. The summed E-state index contributed by atoms with van der Waals surface area (Å²) in [5.41, 5.74) is -12.4. The van der Waals surface area contributed by atoms with Crippen LogP contribution in [-0.2, 0) is 30.2 Å². The first kappa shape index (κ1) is 16.0. The SMILES string of the molecule is [NH]=[Ag]([S](=O)(=O)C(F)(F)F)[S](=O)(=O)C(F)(F)F. The Kier molecular flexibility index (Phi) is 4.05.